The van der Waals surface area contributed by atoms with E-state index in [1.807, 2.05) is 0 Å². The van der Waals surface area contributed by atoms with Crippen molar-refractivity contribution >= 4 is 20.0 Å². The van der Waals surface area contributed by atoms with Gasteiger partial charge in [0.2, 0.25) is 20.0 Å². The van der Waals surface area contributed by atoms with Crippen LogP contribution < -0.4 is 9.44 Å². The Kier molecular flexibility index (Phi) is 7.13. The van der Waals surface area contributed by atoms with Gasteiger partial charge in [-0.2, -0.15) is 4.72 Å². The van der Waals surface area contributed by atoms with Gasteiger partial charge in [-0.05, 0) is 6.42 Å². The van der Waals surface area contributed by atoms with E-state index in [4.69, 9.17) is 9.84 Å². The van der Waals surface area contributed by atoms with Crippen molar-refractivity contribution in [2.24, 2.45) is 0 Å². The van der Waals surface area contributed by atoms with Crippen LogP contribution >= 0.6 is 0 Å². The second-order valence-electron chi connectivity index (χ2n) is 3.45. The maximum Gasteiger partial charge on any atom is 0.210 e. The highest BCUT2D eigenvalue weighted by molar-refractivity contribution is 7.89. The Labute approximate surface area is 101 Å². The molecule has 17 heavy (non-hydrogen) atoms. The molecule has 0 aromatic heterocycles. The summed E-state index contributed by atoms with van der Waals surface area (Å²) in [5.41, 5.74) is 0. The first-order valence-electron chi connectivity index (χ1n) is 4.78. The highest BCUT2D eigenvalue weighted by Gasteiger charge is 2.12. The third-order valence-corrected chi connectivity index (χ3v) is 2.94. The molecule has 104 valence electrons. The lowest BCUT2D eigenvalue weighted by molar-refractivity contribution is 0.00598. The molecule has 0 aromatic rings. The molecule has 0 bridgehead atoms. The van der Waals surface area contributed by atoms with Gasteiger partial charge in [0.1, 0.15) is 6.23 Å². The Morgan fingerprint density at radius 3 is 2.18 bits per heavy atom. The zero-order valence-electron chi connectivity index (χ0n) is 9.71. The fourth-order valence-electron chi connectivity index (χ4n) is 0.918. The lowest BCUT2D eigenvalue weighted by Gasteiger charge is -2.15. The molecule has 3 N–H and O–H groups in total. The summed E-state index contributed by atoms with van der Waals surface area (Å²) in [4.78, 5) is 0. The molecule has 1 unspecified atom stereocenters. The Bertz CT molecular complexity index is 404. The van der Waals surface area contributed by atoms with Crippen LogP contribution in [0.15, 0.2) is 0 Å². The van der Waals surface area contributed by atoms with E-state index < -0.39 is 32.9 Å². The van der Waals surface area contributed by atoms with Crippen molar-refractivity contribution in [2.45, 2.75) is 12.6 Å². The van der Waals surface area contributed by atoms with Crippen molar-refractivity contribution in [1.82, 2.24) is 9.44 Å². The molecule has 0 spiro atoms. The largest absolute Gasteiger partial charge is 0.392 e. The lowest BCUT2D eigenvalue weighted by atomic mass is 10.5. The van der Waals surface area contributed by atoms with Crippen LogP contribution in [-0.4, -0.2) is 60.4 Å². The molecular weight excluding hydrogens is 272 g/mol. The number of rotatable bonds is 9. The number of aliphatic hydroxyl groups is 1. The van der Waals surface area contributed by atoms with Gasteiger partial charge in [-0.1, -0.05) is 0 Å². The van der Waals surface area contributed by atoms with Crippen molar-refractivity contribution in [3.8, 4) is 0 Å². The Balaban J connectivity index is 3.79. The van der Waals surface area contributed by atoms with Crippen molar-refractivity contribution < 1.29 is 26.7 Å². The van der Waals surface area contributed by atoms with Gasteiger partial charge in [0.05, 0.1) is 25.7 Å². The molecule has 10 heteroatoms. The standard InChI is InChI=1S/C7H18N2O6S2/c1-16(11,12)8-4-3-5-15-7(6-10)9-17(2,13)14/h7-10H,3-6H2,1-2H3. The van der Waals surface area contributed by atoms with Gasteiger partial charge >= 0.3 is 0 Å². The fraction of sp³-hybridized carbons (Fsp3) is 1.00. The minimum Gasteiger partial charge on any atom is -0.392 e. The van der Waals surface area contributed by atoms with Crippen LogP contribution in [0.1, 0.15) is 6.42 Å². The molecule has 0 aliphatic heterocycles. The zero-order chi connectivity index (χ0) is 13.5. The number of ether oxygens (including phenoxy) is 1. The fourth-order valence-corrected chi connectivity index (χ4v) is 2.05. The van der Waals surface area contributed by atoms with Crippen LogP contribution in [-0.2, 0) is 24.8 Å². The molecule has 0 saturated heterocycles. The highest BCUT2D eigenvalue weighted by Crippen LogP contribution is 1.91. The average molecular weight is 290 g/mol. The minimum absolute atomic E-state index is 0.121. The summed E-state index contributed by atoms with van der Waals surface area (Å²) in [5, 5.41) is 8.81. The van der Waals surface area contributed by atoms with Crippen LogP contribution in [0.25, 0.3) is 0 Å². The summed E-state index contributed by atoms with van der Waals surface area (Å²) < 4.78 is 52.4. The lowest BCUT2D eigenvalue weighted by Crippen LogP contribution is -2.39. The van der Waals surface area contributed by atoms with E-state index >= 15 is 0 Å². The summed E-state index contributed by atoms with van der Waals surface area (Å²) in [6, 6.07) is 0. The average Bonchev–Trinajstić information content (AvgIpc) is 2.11. The van der Waals surface area contributed by atoms with Crippen molar-refractivity contribution in [2.75, 3.05) is 32.3 Å². The second-order valence-corrected chi connectivity index (χ2v) is 7.07. The molecule has 0 fully saturated rings. The first-order chi connectivity index (χ1) is 7.64. The first-order valence-corrected chi connectivity index (χ1v) is 8.57. The first kappa shape index (κ1) is 16.7. The predicted octanol–water partition coefficient (Wildman–Crippen LogP) is -2.19. The number of sulfonamides is 2. The molecule has 0 rings (SSSR count). The summed E-state index contributed by atoms with van der Waals surface area (Å²) in [6.45, 7) is -0.182. The number of nitrogens with one attached hydrogen (secondary N) is 2. The van der Waals surface area contributed by atoms with E-state index in [2.05, 4.69) is 9.44 Å². The number of hydrogen-bond donors (Lipinski definition) is 3. The second kappa shape index (κ2) is 7.24. The van der Waals surface area contributed by atoms with Gasteiger partial charge in [-0.3, -0.25) is 0 Å². The van der Waals surface area contributed by atoms with E-state index in [-0.39, 0.29) is 13.2 Å². The van der Waals surface area contributed by atoms with Gasteiger partial charge in [-0.15, -0.1) is 0 Å². The maximum atomic E-state index is 10.8. The highest BCUT2D eigenvalue weighted by atomic mass is 32.2. The van der Waals surface area contributed by atoms with Crippen LogP contribution in [0.4, 0.5) is 0 Å². The number of aliphatic hydroxyl groups excluding tert-OH is 1. The Hall–Kier alpha value is -0.260. The monoisotopic (exact) mass is 290 g/mol. The Morgan fingerprint density at radius 1 is 1.18 bits per heavy atom. The molecule has 1 atom stereocenters. The topological polar surface area (TPSA) is 122 Å². The SMILES string of the molecule is CS(=O)(=O)NCCCOC(CO)NS(C)(=O)=O. The maximum absolute atomic E-state index is 10.8. The zero-order valence-corrected chi connectivity index (χ0v) is 11.3. The summed E-state index contributed by atoms with van der Waals surface area (Å²) in [6.07, 6.45) is 1.35. The molecule has 0 saturated carbocycles. The van der Waals surface area contributed by atoms with Crippen molar-refractivity contribution in [3.05, 3.63) is 0 Å². The number of hydrogen-bond acceptors (Lipinski definition) is 6. The van der Waals surface area contributed by atoms with Crippen molar-refractivity contribution in [1.29, 1.82) is 0 Å². The van der Waals surface area contributed by atoms with Crippen LogP contribution in [0.2, 0.25) is 0 Å². The quantitative estimate of drug-likeness (QED) is 0.327. The molecule has 8 nitrogen and oxygen atoms in total. The van der Waals surface area contributed by atoms with E-state index in [1.165, 1.54) is 0 Å². The van der Waals surface area contributed by atoms with Gasteiger partial charge < -0.3 is 9.84 Å². The molecular formula is C7H18N2O6S2. The van der Waals surface area contributed by atoms with E-state index in [9.17, 15) is 16.8 Å². The van der Waals surface area contributed by atoms with Gasteiger partial charge in [0, 0.05) is 6.54 Å². The summed E-state index contributed by atoms with van der Waals surface area (Å²) >= 11 is 0. The van der Waals surface area contributed by atoms with Gasteiger partial charge in [-0.25, -0.2) is 21.6 Å². The molecule has 0 radical (unpaired) electrons. The van der Waals surface area contributed by atoms with E-state index in [0.29, 0.717) is 6.42 Å². The van der Waals surface area contributed by atoms with Gasteiger partial charge in [0.15, 0.2) is 0 Å². The smallest absolute Gasteiger partial charge is 0.210 e. The van der Waals surface area contributed by atoms with Crippen LogP contribution in [0.3, 0.4) is 0 Å². The third-order valence-electron chi connectivity index (χ3n) is 1.52. The predicted molar refractivity (Wildman–Crippen MR) is 62.3 cm³/mol. The minimum atomic E-state index is -3.45. The summed E-state index contributed by atoms with van der Waals surface area (Å²) in [7, 11) is -6.67. The molecule has 0 amide bonds. The van der Waals surface area contributed by atoms with E-state index in [1.54, 1.807) is 0 Å². The molecule has 0 aliphatic rings. The third kappa shape index (κ3) is 12.0. The molecule has 0 aliphatic carbocycles. The van der Waals surface area contributed by atoms with Gasteiger partial charge in [0.25, 0.3) is 0 Å². The molecule has 0 aromatic carbocycles. The Morgan fingerprint density at radius 2 is 1.76 bits per heavy atom. The normalized spacial score (nSPS) is 14.8. The molecule has 0 heterocycles. The van der Waals surface area contributed by atoms with E-state index in [0.717, 1.165) is 12.5 Å². The van der Waals surface area contributed by atoms with Crippen molar-refractivity contribution in [3.63, 3.8) is 0 Å². The van der Waals surface area contributed by atoms with Crippen LogP contribution in [0.5, 0.6) is 0 Å². The van der Waals surface area contributed by atoms with Crippen LogP contribution in [0, 0.1) is 0 Å². The summed E-state index contributed by atoms with van der Waals surface area (Å²) in [5.74, 6) is 0.